The molecule has 0 aliphatic rings. The molecule has 110 valence electrons. The summed E-state index contributed by atoms with van der Waals surface area (Å²) in [6.07, 6.45) is 1.76. The molecule has 0 bridgehead atoms. The number of nitrogens with zero attached hydrogens (tertiary/aromatic N) is 3. The van der Waals surface area contributed by atoms with Gasteiger partial charge in [-0.15, -0.1) is 10.2 Å². The molecule has 2 aromatic rings. The number of aromatic nitrogens is 2. The summed E-state index contributed by atoms with van der Waals surface area (Å²) in [5, 5.41) is 22.6. The second-order valence-corrected chi connectivity index (χ2v) is 5.47. The van der Waals surface area contributed by atoms with Gasteiger partial charge in [-0.1, -0.05) is 24.3 Å². The molecule has 1 amide bonds. The third-order valence-corrected chi connectivity index (χ3v) is 3.80. The number of amides is 1. The summed E-state index contributed by atoms with van der Waals surface area (Å²) in [5.74, 6) is -0.421. The van der Waals surface area contributed by atoms with Gasteiger partial charge in [0.2, 0.25) is 5.13 Å². The molecule has 0 saturated heterocycles. The van der Waals surface area contributed by atoms with Crippen molar-refractivity contribution in [3.63, 3.8) is 0 Å². The molecule has 0 saturated carbocycles. The number of hydrogen-bond acceptors (Lipinski definition) is 6. The number of anilines is 1. The van der Waals surface area contributed by atoms with Crippen LogP contribution in [0.15, 0.2) is 18.2 Å². The van der Waals surface area contributed by atoms with Crippen LogP contribution >= 0.6 is 11.3 Å². The summed E-state index contributed by atoms with van der Waals surface area (Å²) < 4.78 is 0. The minimum atomic E-state index is -0.504. The number of carbonyl (C=O) groups excluding carboxylic acids is 1. The fourth-order valence-electron chi connectivity index (χ4n) is 1.85. The van der Waals surface area contributed by atoms with Gasteiger partial charge in [-0.2, -0.15) is 0 Å². The average molecular weight is 306 g/mol. The van der Waals surface area contributed by atoms with Crippen LogP contribution in [0.4, 0.5) is 10.8 Å². The van der Waals surface area contributed by atoms with Crippen LogP contribution in [0.2, 0.25) is 0 Å². The smallest absolute Gasteiger partial charge is 0.273 e. The van der Waals surface area contributed by atoms with Crippen molar-refractivity contribution in [3.8, 4) is 0 Å². The van der Waals surface area contributed by atoms with E-state index in [9.17, 15) is 14.9 Å². The molecule has 7 nitrogen and oxygen atoms in total. The van der Waals surface area contributed by atoms with Crippen LogP contribution in [0, 0.1) is 17.0 Å². The normalized spacial score (nSPS) is 10.4. The Bertz CT molecular complexity index is 684. The molecule has 2 rings (SSSR count). The van der Waals surface area contributed by atoms with Crippen molar-refractivity contribution in [1.29, 1.82) is 0 Å². The van der Waals surface area contributed by atoms with E-state index in [1.54, 1.807) is 13.0 Å². The predicted octanol–water partition coefficient (Wildman–Crippen LogP) is 2.96. The fraction of sp³-hybridized carbons (Fsp3) is 0.308. The van der Waals surface area contributed by atoms with Gasteiger partial charge in [-0.05, 0) is 19.4 Å². The van der Waals surface area contributed by atoms with E-state index in [0.717, 1.165) is 17.8 Å². The third kappa shape index (κ3) is 3.40. The first-order chi connectivity index (χ1) is 10.0. The van der Waals surface area contributed by atoms with E-state index < -0.39 is 10.8 Å². The highest BCUT2D eigenvalue weighted by atomic mass is 32.1. The van der Waals surface area contributed by atoms with E-state index in [-0.39, 0.29) is 11.3 Å². The molecule has 1 heterocycles. The first kappa shape index (κ1) is 15.0. The van der Waals surface area contributed by atoms with Crippen molar-refractivity contribution >= 4 is 28.1 Å². The number of nitro groups is 1. The second kappa shape index (κ2) is 6.40. The van der Waals surface area contributed by atoms with Crippen LogP contribution < -0.4 is 5.32 Å². The number of rotatable bonds is 5. The van der Waals surface area contributed by atoms with Gasteiger partial charge in [0.1, 0.15) is 5.01 Å². The molecule has 0 aliphatic heterocycles. The highest BCUT2D eigenvalue weighted by Gasteiger charge is 2.18. The van der Waals surface area contributed by atoms with Crippen LogP contribution in [0.1, 0.15) is 34.3 Å². The van der Waals surface area contributed by atoms with E-state index in [2.05, 4.69) is 15.5 Å². The van der Waals surface area contributed by atoms with Gasteiger partial charge in [-0.25, -0.2) is 0 Å². The van der Waals surface area contributed by atoms with Gasteiger partial charge in [0.05, 0.1) is 4.92 Å². The number of nitrogens with one attached hydrogen (secondary N) is 1. The Morgan fingerprint density at radius 2 is 2.19 bits per heavy atom. The monoisotopic (exact) mass is 306 g/mol. The van der Waals surface area contributed by atoms with Crippen molar-refractivity contribution < 1.29 is 9.72 Å². The maximum absolute atomic E-state index is 12.2. The summed E-state index contributed by atoms with van der Waals surface area (Å²) in [5.41, 5.74) is 0.515. The topological polar surface area (TPSA) is 98.0 Å². The molecule has 0 aliphatic carbocycles. The molecule has 21 heavy (non-hydrogen) atoms. The molecule has 0 atom stereocenters. The van der Waals surface area contributed by atoms with Gasteiger partial charge >= 0.3 is 0 Å². The Labute approximate surface area is 125 Å². The molecule has 0 spiro atoms. The maximum Gasteiger partial charge on any atom is 0.273 e. The quantitative estimate of drug-likeness (QED) is 0.676. The van der Waals surface area contributed by atoms with Crippen molar-refractivity contribution in [2.45, 2.75) is 26.7 Å². The fourth-order valence-corrected chi connectivity index (χ4v) is 2.69. The van der Waals surface area contributed by atoms with Crippen LogP contribution in [-0.4, -0.2) is 21.0 Å². The van der Waals surface area contributed by atoms with Gasteiger partial charge in [0, 0.05) is 23.6 Å². The number of nitro benzene ring substituents is 1. The van der Waals surface area contributed by atoms with Crippen LogP contribution in [0.5, 0.6) is 0 Å². The lowest BCUT2D eigenvalue weighted by atomic mass is 10.1. The van der Waals surface area contributed by atoms with E-state index in [1.807, 2.05) is 6.92 Å². The second-order valence-electron chi connectivity index (χ2n) is 4.41. The van der Waals surface area contributed by atoms with Crippen molar-refractivity contribution in [2.24, 2.45) is 0 Å². The van der Waals surface area contributed by atoms with E-state index in [4.69, 9.17) is 0 Å². The van der Waals surface area contributed by atoms with E-state index in [0.29, 0.717) is 10.7 Å². The molecule has 1 aromatic heterocycles. The summed E-state index contributed by atoms with van der Waals surface area (Å²) in [4.78, 5) is 22.6. The molecule has 0 fully saturated rings. The molecule has 1 N–H and O–H groups in total. The Morgan fingerprint density at radius 3 is 2.86 bits per heavy atom. The number of aryl methyl sites for hydroxylation is 1. The van der Waals surface area contributed by atoms with Crippen LogP contribution in [-0.2, 0) is 6.42 Å². The van der Waals surface area contributed by atoms with Crippen molar-refractivity contribution in [2.75, 3.05) is 5.32 Å². The van der Waals surface area contributed by atoms with Gasteiger partial charge in [-0.3, -0.25) is 20.2 Å². The van der Waals surface area contributed by atoms with Crippen LogP contribution in [0.25, 0.3) is 0 Å². The highest BCUT2D eigenvalue weighted by Crippen LogP contribution is 2.23. The molecular formula is C13H14N4O3S. The Kier molecular flexibility index (Phi) is 4.59. The van der Waals surface area contributed by atoms with E-state index in [1.165, 1.54) is 23.5 Å². The number of carbonyl (C=O) groups is 1. The molecule has 8 heteroatoms. The van der Waals surface area contributed by atoms with Crippen molar-refractivity contribution in [3.05, 3.63) is 44.4 Å². The standard InChI is InChI=1S/C13H14N4O3S/c1-3-5-11-15-16-13(21-11)14-12(18)9-6-4-7-10(8(9)2)17(19)20/h4,6-7H,3,5H2,1-2H3,(H,14,16,18). The van der Waals surface area contributed by atoms with Crippen molar-refractivity contribution in [1.82, 2.24) is 10.2 Å². The zero-order valence-corrected chi connectivity index (χ0v) is 12.4. The number of hydrogen-bond donors (Lipinski definition) is 1. The lowest BCUT2D eigenvalue weighted by molar-refractivity contribution is -0.385. The van der Waals surface area contributed by atoms with Gasteiger partial charge < -0.3 is 0 Å². The average Bonchev–Trinajstić information content (AvgIpc) is 2.86. The van der Waals surface area contributed by atoms with Gasteiger partial charge in [0.25, 0.3) is 11.6 Å². The third-order valence-electron chi connectivity index (χ3n) is 2.90. The lowest BCUT2D eigenvalue weighted by Crippen LogP contribution is -2.14. The summed E-state index contributed by atoms with van der Waals surface area (Å²) in [7, 11) is 0. The Balaban J connectivity index is 2.20. The lowest BCUT2D eigenvalue weighted by Gasteiger charge is -2.05. The van der Waals surface area contributed by atoms with Crippen LogP contribution in [0.3, 0.4) is 0 Å². The summed E-state index contributed by atoms with van der Waals surface area (Å²) in [6.45, 7) is 3.59. The first-order valence-corrected chi connectivity index (χ1v) is 7.22. The predicted molar refractivity (Wildman–Crippen MR) is 79.7 cm³/mol. The summed E-state index contributed by atoms with van der Waals surface area (Å²) in [6, 6.07) is 4.41. The molecular weight excluding hydrogens is 292 g/mol. The van der Waals surface area contributed by atoms with Gasteiger partial charge in [0.15, 0.2) is 0 Å². The molecule has 0 unspecified atom stereocenters. The zero-order valence-electron chi connectivity index (χ0n) is 11.6. The molecule has 0 radical (unpaired) electrons. The number of benzene rings is 1. The minimum absolute atomic E-state index is 0.0772. The first-order valence-electron chi connectivity index (χ1n) is 6.40. The molecule has 1 aromatic carbocycles. The minimum Gasteiger partial charge on any atom is -0.296 e. The SMILES string of the molecule is CCCc1nnc(NC(=O)c2cccc([N+](=O)[O-])c2C)s1. The Hall–Kier alpha value is -2.35. The van der Waals surface area contributed by atoms with E-state index >= 15 is 0 Å². The highest BCUT2D eigenvalue weighted by molar-refractivity contribution is 7.15. The maximum atomic E-state index is 12.2. The Morgan fingerprint density at radius 1 is 1.43 bits per heavy atom. The largest absolute Gasteiger partial charge is 0.296 e. The zero-order chi connectivity index (χ0) is 15.4. The summed E-state index contributed by atoms with van der Waals surface area (Å²) >= 11 is 1.31.